The number of aliphatic hydroxyl groups excluding tert-OH is 1. The first-order valence-electron chi connectivity index (χ1n) is 8.34. The molecule has 3 rings (SSSR count). The maximum atomic E-state index is 12.0. The van der Waals surface area contributed by atoms with Crippen molar-refractivity contribution in [2.75, 3.05) is 13.2 Å². The van der Waals surface area contributed by atoms with Gasteiger partial charge in [0.2, 0.25) is 0 Å². The summed E-state index contributed by atoms with van der Waals surface area (Å²) in [4.78, 5) is 12.0. The van der Waals surface area contributed by atoms with Crippen molar-refractivity contribution in [3.05, 3.63) is 59.7 Å². The predicted molar refractivity (Wildman–Crippen MR) is 93.9 cm³/mol. The number of alkyl carbamates (subject to hydrolysis) is 1. The van der Waals surface area contributed by atoms with Crippen LogP contribution < -0.4 is 5.32 Å². The Bertz CT molecular complexity index is 683. The summed E-state index contributed by atoms with van der Waals surface area (Å²) >= 11 is 0. The molecule has 126 valence electrons. The zero-order valence-corrected chi connectivity index (χ0v) is 14.0. The molecule has 0 saturated carbocycles. The minimum atomic E-state index is -0.440. The Morgan fingerprint density at radius 1 is 1.08 bits per heavy atom. The minimum absolute atomic E-state index is 0.00881. The molecule has 0 saturated heterocycles. The Kier molecular flexibility index (Phi) is 4.86. The standard InChI is InChI=1S/C20H23NO3/c1-13(11-22)14(2)21-20(23)24-12-19-17-9-5-3-7-15(17)16-8-4-6-10-18(16)19/h3-10,13-14,19,22H,11-12H2,1-2H3,(H,21,23). The monoisotopic (exact) mass is 325 g/mol. The van der Waals surface area contributed by atoms with E-state index < -0.39 is 6.09 Å². The molecule has 2 aromatic carbocycles. The quantitative estimate of drug-likeness (QED) is 0.884. The van der Waals surface area contributed by atoms with Crippen LogP contribution in [0.1, 0.15) is 30.9 Å². The number of benzene rings is 2. The van der Waals surface area contributed by atoms with Gasteiger partial charge in [0.25, 0.3) is 0 Å². The first-order valence-corrected chi connectivity index (χ1v) is 8.34. The number of carbonyl (C=O) groups is 1. The number of hydrogen-bond acceptors (Lipinski definition) is 3. The van der Waals surface area contributed by atoms with Gasteiger partial charge in [-0.05, 0) is 35.1 Å². The van der Waals surface area contributed by atoms with E-state index in [9.17, 15) is 4.79 Å². The van der Waals surface area contributed by atoms with Crippen molar-refractivity contribution in [3.8, 4) is 11.1 Å². The fraction of sp³-hybridized carbons (Fsp3) is 0.350. The Balaban J connectivity index is 1.71. The third-order valence-electron chi connectivity index (χ3n) is 4.83. The summed E-state index contributed by atoms with van der Waals surface area (Å²) in [7, 11) is 0. The molecule has 1 aliphatic rings. The summed E-state index contributed by atoms with van der Waals surface area (Å²) in [5, 5.41) is 11.9. The third-order valence-corrected chi connectivity index (χ3v) is 4.83. The number of hydrogen-bond donors (Lipinski definition) is 2. The summed E-state index contributed by atoms with van der Waals surface area (Å²) in [5.74, 6) is 0.0548. The van der Waals surface area contributed by atoms with Crippen LogP contribution in [0.3, 0.4) is 0 Å². The van der Waals surface area contributed by atoms with E-state index in [1.54, 1.807) is 0 Å². The van der Waals surface area contributed by atoms with E-state index in [1.165, 1.54) is 22.3 Å². The average Bonchev–Trinajstić information content (AvgIpc) is 2.93. The molecule has 0 radical (unpaired) electrons. The zero-order chi connectivity index (χ0) is 17.1. The van der Waals surface area contributed by atoms with E-state index in [0.717, 1.165) is 0 Å². The third kappa shape index (κ3) is 3.15. The van der Waals surface area contributed by atoms with E-state index in [4.69, 9.17) is 9.84 Å². The van der Waals surface area contributed by atoms with Crippen molar-refractivity contribution in [1.82, 2.24) is 5.32 Å². The lowest BCUT2D eigenvalue weighted by atomic mass is 9.98. The van der Waals surface area contributed by atoms with Gasteiger partial charge in [-0.2, -0.15) is 0 Å². The van der Waals surface area contributed by atoms with Crippen LogP contribution >= 0.6 is 0 Å². The molecule has 1 amide bonds. The normalized spacial score (nSPS) is 15.3. The van der Waals surface area contributed by atoms with E-state index in [1.807, 2.05) is 38.1 Å². The van der Waals surface area contributed by atoms with Crippen LogP contribution in [-0.4, -0.2) is 30.5 Å². The number of aliphatic hydroxyl groups is 1. The fourth-order valence-corrected chi connectivity index (χ4v) is 3.13. The van der Waals surface area contributed by atoms with Gasteiger partial charge < -0.3 is 15.2 Å². The first kappa shape index (κ1) is 16.5. The Hall–Kier alpha value is -2.33. The van der Waals surface area contributed by atoms with Crippen LogP contribution in [0.15, 0.2) is 48.5 Å². The number of fused-ring (bicyclic) bond motifs is 3. The lowest BCUT2D eigenvalue weighted by molar-refractivity contribution is 0.131. The maximum absolute atomic E-state index is 12.0. The first-order chi connectivity index (χ1) is 11.6. The Labute approximate surface area is 142 Å². The molecule has 0 fully saturated rings. The van der Waals surface area contributed by atoms with E-state index >= 15 is 0 Å². The summed E-state index contributed by atoms with van der Waals surface area (Å²) in [6.07, 6.45) is -0.440. The van der Waals surface area contributed by atoms with Crippen LogP contribution in [0, 0.1) is 5.92 Å². The van der Waals surface area contributed by atoms with Gasteiger partial charge in [-0.15, -0.1) is 0 Å². The molecule has 2 aromatic rings. The number of nitrogens with one attached hydrogen (secondary N) is 1. The SMILES string of the molecule is CC(CO)C(C)NC(=O)OCC1c2ccccc2-c2ccccc21. The molecule has 4 nitrogen and oxygen atoms in total. The molecular weight excluding hydrogens is 302 g/mol. The van der Waals surface area contributed by atoms with Crippen LogP contribution in [0.5, 0.6) is 0 Å². The highest BCUT2D eigenvalue weighted by atomic mass is 16.5. The van der Waals surface area contributed by atoms with Gasteiger partial charge in [0.15, 0.2) is 0 Å². The van der Waals surface area contributed by atoms with E-state index in [0.29, 0.717) is 6.61 Å². The summed E-state index contributed by atoms with van der Waals surface area (Å²) in [6, 6.07) is 16.4. The van der Waals surface area contributed by atoms with Crippen LogP contribution in [0.25, 0.3) is 11.1 Å². The van der Waals surface area contributed by atoms with Gasteiger partial charge in [-0.25, -0.2) is 4.79 Å². The lowest BCUT2D eigenvalue weighted by Gasteiger charge is -2.20. The summed E-state index contributed by atoms with van der Waals surface area (Å²) < 4.78 is 5.47. The number of carbonyl (C=O) groups excluding carboxylic acids is 1. The topological polar surface area (TPSA) is 58.6 Å². The molecule has 0 aliphatic heterocycles. The molecule has 1 aliphatic carbocycles. The van der Waals surface area contributed by atoms with Crippen LogP contribution in [-0.2, 0) is 4.74 Å². The summed E-state index contributed by atoms with van der Waals surface area (Å²) in [5.41, 5.74) is 4.82. The minimum Gasteiger partial charge on any atom is -0.449 e. The van der Waals surface area contributed by atoms with Crippen molar-refractivity contribution in [1.29, 1.82) is 0 Å². The van der Waals surface area contributed by atoms with Crippen molar-refractivity contribution in [2.24, 2.45) is 5.92 Å². The van der Waals surface area contributed by atoms with Gasteiger partial charge in [-0.1, -0.05) is 55.5 Å². The largest absolute Gasteiger partial charge is 0.449 e. The van der Waals surface area contributed by atoms with Crippen LogP contribution in [0.2, 0.25) is 0 Å². The highest BCUT2D eigenvalue weighted by Gasteiger charge is 2.29. The van der Waals surface area contributed by atoms with Gasteiger partial charge >= 0.3 is 6.09 Å². The fourth-order valence-electron chi connectivity index (χ4n) is 3.13. The molecule has 0 bridgehead atoms. The Morgan fingerprint density at radius 2 is 1.62 bits per heavy atom. The molecule has 0 heterocycles. The van der Waals surface area contributed by atoms with Gasteiger partial charge in [0.1, 0.15) is 6.61 Å². The second kappa shape index (κ2) is 7.05. The number of ether oxygens (including phenoxy) is 1. The maximum Gasteiger partial charge on any atom is 0.407 e. The summed E-state index contributed by atoms with van der Waals surface area (Å²) in [6.45, 7) is 4.08. The van der Waals surface area contributed by atoms with Crippen LogP contribution in [0.4, 0.5) is 4.79 Å². The lowest BCUT2D eigenvalue weighted by Crippen LogP contribution is -2.39. The molecular formula is C20H23NO3. The number of amides is 1. The van der Waals surface area contributed by atoms with Gasteiger partial charge in [-0.3, -0.25) is 0 Å². The molecule has 24 heavy (non-hydrogen) atoms. The second-order valence-corrected chi connectivity index (χ2v) is 6.42. The van der Waals surface area contributed by atoms with Crippen molar-refractivity contribution in [3.63, 3.8) is 0 Å². The van der Waals surface area contributed by atoms with Gasteiger partial charge in [0, 0.05) is 18.6 Å². The smallest absolute Gasteiger partial charge is 0.407 e. The highest BCUT2D eigenvalue weighted by molar-refractivity contribution is 5.79. The van der Waals surface area contributed by atoms with Gasteiger partial charge in [0.05, 0.1) is 0 Å². The van der Waals surface area contributed by atoms with Crippen molar-refractivity contribution < 1.29 is 14.6 Å². The zero-order valence-electron chi connectivity index (χ0n) is 14.0. The molecule has 2 atom stereocenters. The second-order valence-electron chi connectivity index (χ2n) is 6.42. The van der Waals surface area contributed by atoms with Crippen molar-refractivity contribution in [2.45, 2.75) is 25.8 Å². The average molecular weight is 325 g/mol. The molecule has 2 N–H and O–H groups in total. The molecule has 0 spiro atoms. The molecule has 2 unspecified atom stereocenters. The number of rotatable bonds is 5. The van der Waals surface area contributed by atoms with E-state index in [2.05, 4.69) is 29.6 Å². The van der Waals surface area contributed by atoms with E-state index in [-0.39, 0.29) is 24.5 Å². The molecule has 0 aromatic heterocycles. The highest BCUT2D eigenvalue weighted by Crippen LogP contribution is 2.44. The predicted octanol–water partition coefficient (Wildman–Crippen LogP) is 3.54. The van der Waals surface area contributed by atoms with Crippen molar-refractivity contribution >= 4 is 6.09 Å². The Morgan fingerprint density at radius 3 is 2.17 bits per heavy atom. The molecule has 4 heteroatoms.